The summed E-state index contributed by atoms with van der Waals surface area (Å²) in [6, 6.07) is 4.20. The van der Waals surface area contributed by atoms with E-state index < -0.39 is 5.92 Å². The van der Waals surface area contributed by atoms with Crippen molar-refractivity contribution in [1.82, 2.24) is 10.2 Å². The van der Waals surface area contributed by atoms with Crippen molar-refractivity contribution in [2.24, 2.45) is 11.8 Å². The minimum absolute atomic E-state index is 0.0545. The Morgan fingerprint density at radius 2 is 1.90 bits per heavy atom. The van der Waals surface area contributed by atoms with Crippen molar-refractivity contribution < 1.29 is 14.4 Å². The van der Waals surface area contributed by atoms with Crippen LogP contribution in [0.3, 0.4) is 0 Å². The summed E-state index contributed by atoms with van der Waals surface area (Å²) < 4.78 is 0. The van der Waals surface area contributed by atoms with E-state index in [0.29, 0.717) is 30.7 Å². The van der Waals surface area contributed by atoms with Crippen LogP contribution in [0.25, 0.3) is 0 Å². The summed E-state index contributed by atoms with van der Waals surface area (Å²) in [5.74, 6) is 0.718. The summed E-state index contributed by atoms with van der Waals surface area (Å²) in [7, 11) is 0. The Labute approximate surface area is 176 Å². The first kappa shape index (κ1) is 20.3. The lowest BCUT2D eigenvalue weighted by molar-refractivity contribution is -0.137. The largest absolute Gasteiger partial charge is 0.352 e. The monoisotopic (exact) mass is 415 g/mol. The van der Waals surface area contributed by atoms with Gasteiger partial charge in [0.2, 0.25) is 17.7 Å². The van der Waals surface area contributed by atoms with Gasteiger partial charge in [0.1, 0.15) is 0 Å². The molecule has 0 aromatic heterocycles. The maximum Gasteiger partial charge on any atom is 0.230 e. The molecule has 0 spiro atoms. The predicted octanol–water partition coefficient (Wildman–Crippen LogP) is 2.45. The lowest BCUT2D eigenvalue weighted by atomic mass is 9.84. The number of hydrogen-bond donors (Lipinski definition) is 2. The van der Waals surface area contributed by atoms with Gasteiger partial charge in [-0.25, -0.2) is 0 Å². The first-order valence-electron chi connectivity index (χ1n) is 10.4. The molecule has 4 rings (SSSR count). The van der Waals surface area contributed by atoms with E-state index in [-0.39, 0.29) is 30.2 Å². The second-order valence-electron chi connectivity index (χ2n) is 8.71. The summed E-state index contributed by atoms with van der Waals surface area (Å²) in [6.45, 7) is 5.34. The molecule has 1 aliphatic carbocycles. The van der Waals surface area contributed by atoms with Crippen LogP contribution in [0.2, 0.25) is 0 Å². The molecule has 1 aromatic carbocycles. The van der Waals surface area contributed by atoms with Crippen molar-refractivity contribution in [3.8, 4) is 0 Å². The van der Waals surface area contributed by atoms with E-state index >= 15 is 0 Å². The molecule has 2 N–H and O–H groups in total. The number of benzene rings is 1. The van der Waals surface area contributed by atoms with Crippen LogP contribution in [0, 0.1) is 25.7 Å². The zero-order chi connectivity index (χ0) is 20.7. The molecule has 1 saturated carbocycles. The summed E-state index contributed by atoms with van der Waals surface area (Å²) >= 11 is 1.53. The van der Waals surface area contributed by atoms with Crippen LogP contribution in [-0.4, -0.2) is 53.8 Å². The number of rotatable bonds is 4. The van der Waals surface area contributed by atoms with E-state index in [9.17, 15) is 14.4 Å². The molecule has 4 atom stereocenters. The van der Waals surface area contributed by atoms with E-state index in [4.69, 9.17) is 0 Å². The second kappa shape index (κ2) is 8.01. The topological polar surface area (TPSA) is 78.5 Å². The molecule has 6 nitrogen and oxygen atoms in total. The Morgan fingerprint density at radius 3 is 2.55 bits per heavy atom. The molecule has 7 heteroatoms. The number of anilines is 1. The molecule has 2 fully saturated rings. The second-order valence-corrected chi connectivity index (χ2v) is 9.58. The zero-order valence-corrected chi connectivity index (χ0v) is 18.1. The first-order chi connectivity index (χ1) is 13.9. The molecule has 0 radical (unpaired) electrons. The fourth-order valence-electron chi connectivity index (χ4n) is 5.46. The molecule has 1 aromatic rings. The van der Waals surface area contributed by atoms with Gasteiger partial charge in [-0.05, 0) is 67.5 Å². The fraction of sp³-hybridized carbons (Fsp3) is 0.591. The van der Waals surface area contributed by atoms with Crippen molar-refractivity contribution in [2.45, 2.75) is 45.1 Å². The van der Waals surface area contributed by atoms with E-state index in [2.05, 4.69) is 16.7 Å². The standard InChI is InChI=1S/C22H29N3O3S/c1-12-6-13(2)20-16(8-18(26)23-17(20)7-12)22(28)25-9-14-4-5-15(10-25)21(14)24-19(27)11-29-3/h6-7,14-16,21H,4-5,8-11H2,1-3H3,(H,23,26)(H,24,27)/t14-,15+,16?,21?. The highest BCUT2D eigenvalue weighted by molar-refractivity contribution is 7.99. The Kier molecular flexibility index (Phi) is 5.60. The number of carbonyl (C=O) groups excluding carboxylic acids is 3. The number of piperidine rings is 1. The Morgan fingerprint density at radius 1 is 1.21 bits per heavy atom. The van der Waals surface area contributed by atoms with E-state index in [0.717, 1.165) is 35.2 Å². The number of amides is 3. The molecule has 2 unspecified atom stereocenters. The number of nitrogens with zero attached hydrogens (tertiary/aromatic N) is 1. The summed E-state index contributed by atoms with van der Waals surface area (Å²) in [4.78, 5) is 39.8. The van der Waals surface area contributed by atoms with Crippen LogP contribution in [0.5, 0.6) is 0 Å². The summed E-state index contributed by atoms with van der Waals surface area (Å²) in [6.07, 6.45) is 4.21. The molecule has 156 valence electrons. The number of carbonyl (C=O) groups is 3. The van der Waals surface area contributed by atoms with Gasteiger partial charge in [-0.15, -0.1) is 0 Å². The van der Waals surface area contributed by atoms with Crippen LogP contribution in [0.1, 0.15) is 41.9 Å². The van der Waals surface area contributed by atoms with Gasteiger partial charge in [0, 0.05) is 31.2 Å². The van der Waals surface area contributed by atoms with Crippen LogP contribution in [-0.2, 0) is 14.4 Å². The average Bonchev–Trinajstić information content (AvgIpc) is 2.87. The smallest absolute Gasteiger partial charge is 0.230 e. The maximum absolute atomic E-state index is 13.5. The van der Waals surface area contributed by atoms with Crippen LogP contribution < -0.4 is 10.6 Å². The van der Waals surface area contributed by atoms with E-state index in [1.54, 1.807) is 0 Å². The average molecular weight is 416 g/mol. The van der Waals surface area contributed by atoms with Crippen LogP contribution in [0.15, 0.2) is 12.1 Å². The molecule has 2 bridgehead atoms. The molecule has 1 saturated heterocycles. The van der Waals surface area contributed by atoms with Gasteiger partial charge in [0.25, 0.3) is 0 Å². The first-order valence-corrected chi connectivity index (χ1v) is 11.7. The third-order valence-electron chi connectivity index (χ3n) is 6.59. The number of aryl methyl sites for hydroxylation is 2. The third-order valence-corrected chi connectivity index (χ3v) is 7.14. The van der Waals surface area contributed by atoms with Gasteiger partial charge in [0.15, 0.2) is 0 Å². The highest BCUT2D eigenvalue weighted by Crippen LogP contribution is 2.41. The Bertz CT molecular complexity index is 842. The van der Waals surface area contributed by atoms with Crippen LogP contribution >= 0.6 is 11.8 Å². The number of fused-ring (bicyclic) bond motifs is 3. The molecular formula is C22H29N3O3S. The Hall–Kier alpha value is -2.02. The lowest BCUT2D eigenvalue weighted by Gasteiger charge is -2.40. The van der Waals surface area contributed by atoms with Gasteiger partial charge in [0.05, 0.1) is 11.7 Å². The molecule has 2 aliphatic heterocycles. The number of nitrogens with one attached hydrogen (secondary N) is 2. The molecule has 3 amide bonds. The number of hydrogen-bond acceptors (Lipinski definition) is 4. The van der Waals surface area contributed by atoms with Crippen molar-refractivity contribution in [3.63, 3.8) is 0 Å². The van der Waals surface area contributed by atoms with Crippen molar-refractivity contribution in [1.29, 1.82) is 0 Å². The van der Waals surface area contributed by atoms with Crippen molar-refractivity contribution in [2.75, 3.05) is 30.4 Å². The van der Waals surface area contributed by atoms with Gasteiger partial charge in [-0.3, -0.25) is 14.4 Å². The SMILES string of the molecule is CSCC(=O)NC1[C@@H]2CC[C@H]1CN(C(=O)C1CC(=O)Nc3cc(C)cc(C)c31)C2. The maximum atomic E-state index is 13.5. The molecular weight excluding hydrogens is 386 g/mol. The molecule has 3 aliphatic rings. The predicted molar refractivity (Wildman–Crippen MR) is 115 cm³/mol. The van der Waals surface area contributed by atoms with E-state index in [1.807, 2.05) is 31.1 Å². The normalized spacial score (nSPS) is 28.0. The van der Waals surface area contributed by atoms with Gasteiger partial charge in [-0.1, -0.05) is 6.07 Å². The summed E-state index contributed by atoms with van der Waals surface area (Å²) in [5.41, 5.74) is 3.87. The highest BCUT2D eigenvalue weighted by atomic mass is 32.2. The number of likely N-dealkylation sites (tertiary alicyclic amines) is 1. The fourth-order valence-corrected chi connectivity index (χ4v) is 5.81. The van der Waals surface area contributed by atoms with Crippen molar-refractivity contribution >= 4 is 35.2 Å². The minimum Gasteiger partial charge on any atom is -0.352 e. The summed E-state index contributed by atoms with van der Waals surface area (Å²) in [5, 5.41) is 6.14. The third kappa shape index (κ3) is 3.89. The highest BCUT2D eigenvalue weighted by Gasteiger charge is 2.45. The van der Waals surface area contributed by atoms with E-state index in [1.165, 1.54) is 11.8 Å². The van der Waals surface area contributed by atoms with Gasteiger partial charge < -0.3 is 15.5 Å². The van der Waals surface area contributed by atoms with Gasteiger partial charge in [-0.2, -0.15) is 11.8 Å². The van der Waals surface area contributed by atoms with Crippen LogP contribution in [0.4, 0.5) is 5.69 Å². The number of thioether (sulfide) groups is 1. The van der Waals surface area contributed by atoms with Gasteiger partial charge >= 0.3 is 0 Å². The molecule has 2 heterocycles. The Balaban J connectivity index is 1.52. The lowest BCUT2D eigenvalue weighted by Crippen LogP contribution is -2.55. The minimum atomic E-state index is -0.415. The quantitative estimate of drug-likeness (QED) is 0.792. The zero-order valence-electron chi connectivity index (χ0n) is 17.3. The molecule has 29 heavy (non-hydrogen) atoms. The van der Waals surface area contributed by atoms with Crippen molar-refractivity contribution in [3.05, 3.63) is 28.8 Å².